The number of aryl methyl sites for hydroxylation is 3. The van der Waals surface area contributed by atoms with Gasteiger partial charge >= 0.3 is 12.1 Å². The van der Waals surface area contributed by atoms with Crippen LogP contribution >= 0.6 is 0 Å². The van der Waals surface area contributed by atoms with E-state index < -0.39 is 58.4 Å². The molecular weight excluding hydrogens is 669 g/mol. The predicted molar refractivity (Wildman–Crippen MR) is 184 cm³/mol. The Kier molecular flexibility index (Phi) is 12.6. The maximum atomic E-state index is 15.5. The van der Waals surface area contributed by atoms with Gasteiger partial charge in [-0.05, 0) is 96.0 Å². The van der Waals surface area contributed by atoms with Crippen LogP contribution in [-0.2, 0) is 46.7 Å². The van der Waals surface area contributed by atoms with Gasteiger partial charge in [0.15, 0.2) is 0 Å². The summed E-state index contributed by atoms with van der Waals surface area (Å²) in [4.78, 5) is 57.0. The zero-order valence-electron chi connectivity index (χ0n) is 29.4. The highest BCUT2D eigenvalue weighted by molar-refractivity contribution is 7.89. The first-order valence-corrected chi connectivity index (χ1v) is 18.4. The standard InChI is InChI=1S/C35H48FN5O8S/c1-6-48-30(43)20-27(39-32(44)35(36)22-40(23-35)50(46,47)28-14-9-11-24(2)19-28)21-37-29(42)15-8-7-13-26-17-16-25-12-10-18-41(31(25)38-26)33(45)49-34(3,4)5/h9,11,14,16-17,19,27H,6-8,10,12-13,15,18,20-23H2,1-5H3,(H,37,42)(H,39,44). The molecule has 15 heteroatoms. The summed E-state index contributed by atoms with van der Waals surface area (Å²) in [5.74, 6) is -1.43. The van der Waals surface area contributed by atoms with E-state index in [0.717, 1.165) is 34.0 Å². The van der Waals surface area contributed by atoms with Crippen LogP contribution in [0.25, 0.3) is 0 Å². The van der Waals surface area contributed by atoms with Gasteiger partial charge in [-0.25, -0.2) is 22.6 Å². The quantitative estimate of drug-likeness (QED) is 0.219. The molecule has 1 aromatic carbocycles. The number of carbonyl (C=O) groups is 4. The first-order valence-electron chi connectivity index (χ1n) is 17.0. The molecule has 13 nitrogen and oxygen atoms in total. The Morgan fingerprint density at radius 3 is 2.52 bits per heavy atom. The normalized spacial score (nSPS) is 16.4. The fraction of sp³-hybridized carbons (Fsp3) is 0.571. The molecule has 4 rings (SSSR count). The summed E-state index contributed by atoms with van der Waals surface area (Å²) in [6.07, 6.45) is 2.80. The highest BCUT2D eigenvalue weighted by atomic mass is 32.2. The Morgan fingerprint density at radius 1 is 1.10 bits per heavy atom. The van der Waals surface area contributed by atoms with Crippen molar-refractivity contribution in [1.82, 2.24) is 19.9 Å². The zero-order chi connectivity index (χ0) is 36.7. The van der Waals surface area contributed by atoms with E-state index in [-0.39, 0.29) is 36.8 Å². The highest BCUT2D eigenvalue weighted by Gasteiger charge is 2.55. The molecule has 50 heavy (non-hydrogen) atoms. The number of fused-ring (bicyclic) bond motifs is 1. The van der Waals surface area contributed by atoms with Crippen molar-refractivity contribution in [2.75, 3.05) is 37.7 Å². The average molecular weight is 718 g/mol. The first kappa shape index (κ1) is 38.7. The molecular formula is C35H48FN5O8S. The van der Waals surface area contributed by atoms with Crippen LogP contribution in [0.2, 0.25) is 0 Å². The maximum absolute atomic E-state index is 15.5. The van der Waals surface area contributed by atoms with E-state index in [0.29, 0.717) is 31.6 Å². The number of hydrogen-bond acceptors (Lipinski definition) is 9. The number of anilines is 1. The Balaban J connectivity index is 1.26. The van der Waals surface area contributed by atoms with Crippen LogP contribution in [0, 0.1) is 6.92 Å². The summed E-state index contributed by atoms with van der Waals surface area (Å²) >= 11 is 0. The molecule has 2 N–H and O–H groups in total. The number of hydrogen-bond donors (Lipinski definition) is 2. The average Bonchev–Trinajstić information content (AvgIpc) is 3.03. The van der Waals surface area contributed by atoms with Gasteiger partial charge in [0, 0.05) is 25.2 Å². The minimum Gasteiger partial charge on any atom is -0.466 e. The number of carbonyl (C=O) groups excluding carboxylic acids is 4. The molecule has 274 valence electrons. The lowest BCUT2D eigenvalue weighted by Gasteiger charge is -2.42. The van der Waals surface area contributed by atoms with Crippen LogP contribution in [0.15, 0.2) is 41.3 Å². The first-order chi connectivity index (χ1) is 23.5. The summed E-state index contributed by atoms with van der Waals surface area (Å²) in [6.45, 7) is 7.93. The number of halogens is 1. The van der Waals surface area contributed by atoms with Crippen molar-refractivity contribution >= 4 is 39.7 Å². The number of benzene rings is 1. The van der Waals surface area contributed by atoms with Gasteiger partial charge in [-0.1, -0.05) is 18.2 Å². The minimum absolute atomic E-state index is 0.00615. The van der Waals surface area contributed by atoms with E-state index >= 15 is 4.39 Å². The van der Waals surface area contributed by atoms with Crippen molar-refractivity contribution in [3.8, 4) is 0 Å². The predicted octanol–water partition coefficient (Wildman–Crippen LogP) is 3.76. The third-order valence-electron chi connectivity index (χ3n) is 8.29. The number of amides is 3. The molecule has 0 saturated carbocycles. The second kappa shape index (κ2) is 16.3. The third kappa shape index (κ3) is 10.2. The number of ether oxygens (including phenoxy) is 2. The Labute approximate surface area is 293 Å². The van der Waals surface area contributed by atoms with Gasteiger partial charge < -0.3 is 20.1 Å². The minimum atomic E-state index is -3.99. The van der Waals surface area contributed by atoms with Crippen molar-refractivity contribution in [3.63, 3.8) is 0 Å². The van der Waals surface area contributed by atoms with Gasteiger partial charge in [-0.15, -0.1) is 0 Å². The van der Waals surface area contributed by atoms with E-state index in [1.54, 1.807) is 30.9 Å². The lowest BCUT2D eigenvalue weighted by molar-refractivity contribution is -0.145. The third-order valence-corrected chi connectivity index (χ3v) is 10.1. The largest absolute Gasteiger partial charge is 0.466 e. The van der Waals surface area contributed by atoms with Crippen LogP contribution in [0.4, 0.5) is 15.0 Å². The maximum Gasteiger partial charge on any atom is 0.416 e. The number of rotatable bonds is 14. The topological polar surface area (TPSA) is 164 Å². The van der Waals surface area contributed by atoms with Gasteiger partial charge in [-0.3, -0.25) is 19.3 Å². The van der Waals surface area contributed by atoms with Crippen LogP contribution in [0.3, 0.4) is 0 Å². The summed E-state index contributed by atoms with van der Waals surface area (Å²) in [6, 6.07) is 9.13. The molecule has 1 fully saturated rings. The molecule has 0 spiro atoms. The molecule has 2 aromatic rings. The molecule has 0 radical (unpaired) electrons. The van der Waals surface area contributed by atoms with Crippen molar-refractivity contribution in [2.24, 2.45) is 0 Å². The monoisotopic (exact) mass is 717 g/mol. The van der Waals surface area contributed by atoms with E-state index in [1.807, 2.05) is 32.9 Å². The van der Waals surface area contributed by atoms with Gasteiger partial charge in [-0.2, -0.15) is 4.31 Å². The fourth-order valence-electron chi connectivity index (χ4n) is 5.69. The molecule has 0 aliphatic carbocycles. The summed E-state index contributed by atoms with van der Waals surface area (Å²) in [5, 5.41) is 5.16. The Morgan fingerprint density at radius 2 is 1.84 bits per heavy atom. The van der Waals surface area contributed by atoms with Crippen molar-refractivity contribution in [1.29, 1.82) is 0 Å². The van der Waals surface area contributed by atoms with Crippen LogP contribution in [0.1, 0.15) is 76.6 Å². The summed E-state index contributed by atoms with van der Waals surface area (Å²) < 4.78 is 52.8. The lowest BCUT2D eigenvalue weighted by atomic mass is 9.97. The van der Waals surface area contributed by atoms with E-state index in [1.165, 1.54) is 12.1 Å². The number of nitrogens with one attached hydrogen (secondary N) is 2. The number of esters is 1. The molecule has 2 aliphatic rings. The van der Waals surface area contributed by atoms with E-state index in [2.05, 4.69) is 10.6 Å². The second-order valence-corrected chi connectivity index (χ2v) is 15.7. The van der Waals surface area contributed by atoms with E-state index in [9.17, 15) is 27.6 Å². The highest BCUT2D eigenvalue weighted by Crippen LogP contribution is 2.32. The fourth-order valence-corrected chi connectivity index (χ4v) is 7.32. The zero-order valence-corrected chi connectivity index (χ0v) is 30.2. The van der Waals surface area contributed by atoms with Crippen LogP contribution < -0.4 is 15.5 Å². The second-order valence-electron chi connectivity index (χ2n) is 13.8. The van der Waals surface area contributed by atoms with Crippen LogP contribution in [-0.4, -0.2) is 91.7 Å². The number of alkyl halides is 1. The number of unbranched alkanes of at least 4 members (excludes halogenated alkanes) is 1. The van der Waals surface area contributed by atoms with Crippen molar-refractivity contribution in [3.05, 3.63) is 53.2 Å². The molecule has 3 amide bonds. The summed E-state index contributed by atoms with van der Waals surface area (Å²) in [5.41, 5.74) is -0.630. The molecule has 2 aliphatic heterocycles. The van der Waals surface area contributed by atoms with Gasteiger partial charge in [0.05, 0.1) is 37.1 Å². The van der Waals surface area contributed by atoms with Crippen LogP contribution in [0.5, 0.6) is 0 Å². The van der Waals surface area contributed by atoms with Gasteiger partial charge in [0.1, 0.15) is 11.4 Å². The number of sulfonamides is 1. The van der Waals surface area contributed by atoms with Crippen molar-refractivity contribution < 1.29 is 41.5 Å². The molecule has 1 aromatic heterocycles. The van der Waals surface area contributed by atoms with Gasteiger partial charge in [0.2, 0.25) is 21.6 Å². The molecule has 3 heterocycles. The van der Waals surface area contributed by atoms with Gasteiger partial charge in [0.25, 0.3) is 5.91 Å². The molecule has 1 unspecified atom stereocenters. The Bertz CT molecular complexity index is 1670. The molecule has 1 atom stereocenters. The van der Waals surface area contributed by atoms with E-state index in [4.69, 9.17) is 14.5 Å². The number of nitrogens with zero attached hydrogens (tertiary/aromatic N) is 3. The lowest BCUT2D eigenvalue weighted by Crippen LogP contribution is -2.68. The van der Waals surface area contributed by atoms with Crippen molar-refractivity contribution in [2.45, 2.75) is 102 Å². The molecule has 0 bridgehead atoms. The molecule has 1 saturated heterocycles. The number of aromatic nitrogens is 1. The smallest absolute Gasteiger partial charge is 0.416 e. The summed E-state index contributed by atoms with van der Waals surface area (Å²) in [7, 11) is -3.99. The number of pyridine rings is 1. The Hall–Kier alpha value is -4.11. The SMILES string of the molecule is CCOC(=O)CC(CNC(=O)CCCCc1ccc2c(n1)N(C(=O)OC(C)(C)C)CCC2)NC(=O)C1(F)CN(S(=O)(=O)c2cccc(C)c2)C1.